The van der Waals surface area contributed by atoms with Gasteiger partial charge in [-0.25, -0.2) is 0 Å². The number of nitro groups is 1. The van der Waals surface area contributed by atoms with E-state index >= 15 is 0 Å². The lowest BCUT2D eigenvalue weighted by Crippen LogP contribution is -2.17. The van der Waals surface area contributed by atoms with Crippen LogP contribution in [0.15, 0.2) is 34.3 Å². The summed E-state index contributed by atoms with van der Waals surface area (Å²) in [5.41, 5.74) is 0.595. The summed E-state index contributed by atoms with van der Waals surface area (Å²) < 4.78 is 17.5. The third kappa shape index (κ3) is 9.42. The Kier molecular flexibility index (Phi) is 10.5. The Balaban J connectivity index is 2.91. The van der Waals surface area contributed by atoms with Crippen LogP contribution < -0.4 is 0 Å². The van der Waals surface area contributed by atoms with Crippen molar-refractivity contribution >= 4 is 25.4 Å². The molecule has 29 heavy (non-hydrogen) atoms. The number of benzene rings is 1. The van der Waals surface area contributed by atoms with Crippen molar-refractivity contribution in [1.82, 2.24) is 0 Å². The molecule has 1 aromatic rings. The van der Waals surface area contributed by atoms with Gasteiger partial charge in [0.25, 0.3) is 5.69 Å². The molecule has 11 heteroatoms. The number of hydrogen-bond acceptors (Lipinski definition) is 8. The zero-order valence-corrected chi connectivity index (χ0v) is 19.2. The molecule has 2 unspecified atom stereocenters. The van der Waals surface area contributed by atoms with E-state index in [9.17, 15) is 15.2 Å². The number of aliphatic hydroxyl groups excluding tert-OH is 1. The number of non-ortho nitro benzene ring substituents is 1. The lowest BCUT2D eigenvalue weighted by Gasteiger charge is -2.21. The van der Waals surface area contributed by atoms with Crippen LogP contribution in [0.5, 0.6) is 0 Å². The summed E-state index contributed by atoms with van der Waals surface area (Å²) in [5.74, 6) is 0. The summed E-state index contributed by atoms with van der Waals surface area (Å²) in [7, 11) is -3.17. The number of aliphatic hydroxyl groups is 1. The molecular weight excluding hydrogens is 421 g/mol. The Morgan fingerprint density at radius 3 is 1.86 bits per heavy atom. The summed E-state index contributed by atoms with van der Waals surface area (Å²) >= 11 is 6.32. The SMILES string of the molecule is CC(C)O[P+](N=NC(O)CC(Cl)c1ccc([N+](=O)[O-])cc1)(OC(C)C)OC(C)C. The van der Waals surface area contributed by atoms with Crippen molar-refractivity contribution in [2.45, 2.75) is 77.9 Å². The van der Waals surface area contributed by atoms with Crippen molar-refractivity contribution in [2.75, 3.05) is 0 Å². The highest BCUT2D eigenvalue weighted by Crippen LogP contribution is 2.66. The minimum absolute atomic E-state index is 0.0325. The van der Waals surface area contributed by atoms with Crippen molar-refractivity contribution in [3.8, 4) is 0 Å². The van der Waals surface area contributed by atoms with E-state index in [-0.39, 0.29) is 30.4 Å². The number of alkyl halides is 1. The molecule has 0 radical (unpaired) electrons. The molecular formula is C18H30ClN3O6P+. The molecule has 0 aliphatic rings. The Hall–Kier alpha value is -1.22. The van der Waals surface area contributed by atoms with Crippen molar-refractivity contribution < 1.29 is 23.6 Å². The van der Waals surface area contributed by atoms with Gasteiger partial charge in [-0.15, -0.1) is 16.7 Å². The van der Waals surface area contributed by atoms with Crippen LogP contribution in [0.3, 0.4) is 0 Å². The highest BCUT2D eigenvalue weighted by atomic mass is 35.5. The molecule has 9 nitrogen and oxygen atoms in total. The van der Waals surface area contributed by atoms with Crippen LogP contribution >= 0.6 is 19.7 Å². The van der Waals surface area contributed by atoms with Crippen LogP contribution in [0.2, 0.25) is 0 Å². The second-order valence-electron chi connectivity index (χ2n) is 7.17. The van der Waals surface area contributed by atoms with Crippen LogP contribution in [0.25, 0.3) is 0 Å². The third-order valence-corrected chi connectivity index (χ3v) is 6.03. The fourth-order valence-corrected chi connectivity index (χ4v) is 4.66. The Morgan fingerprint density at radius 2 is 1.48 bits per heavy atom. The summed E-state index contributed by atoms with van der Waals surface area (Å²) in [4.78, 5) is 14.4. The predicted molar refractivity (Wildman–Crippen MR) is 113 cm³/mol. The van der Waals surface area contributed by atoms with Gasteiger partial charge in [0.2, 0.25) is 0 Å². The van der Waals surface area contributed by atoms with Crippen LogP contribution in [0, 0.1) is 10.1 Å². The lowest BCUT2D eigenvalue weighted by molar-refractivity contribution is -0.384. The molecule has 0 bridgehead atoms. The third-order valence-electron chi connectivity index (χ3n) is 3.21. The second kappa shape index (κ2) is 11.8. The van der Waals surface area contributed by atoms with Crippen LogP contribution in [0.4, 0.5) is 5.69 Å². The number of halogens is 1. The monoisotopic (exact) mass is 450 g/mol. The van der Waals surface area contributed by atoms with Gasteiger partial charge in [0, 0.05) is 18.6 Å². The highest BCUT2D eigenvalue weighted by Gasteiger charge is 2.51. The molecule has 0 aliphatic carbocycles. The van der Waals surface area contributed by atoms with Gasteiger partial charge in [-0.1, -0.05) is 12.1 Å². The minimum atomic E-state index is -3.17. The maximum absolute atomic E-state index is 10.7. The standard InChI is InChI=1S/C18H30ClN3O6P/c1-12(2)26-29(27-13(3)4,28-14(5)6)21-20-18(23)11-17(19)15-7-9-16(10-8-15)22(24)25/h7-10,12-14,17-18,23H,11H2,1-6H3/q+1. The van der Waals surface area contributed by atoms with Crippen molar-refractivity contribution in [2.24, 2.45) is 10.00 Å². The van der Waals surface area contributed by atoms with Gasteiger partial charge in [-0.05, 0) is 47.1 Å². The van der Waals surface area contributed by atoms with Crippen LogP contribution in [-0.4, -0.2) is 34.6 Å². The zero-order chi connectivity index (χ0) is 22.2. The normalized spacial score (nSPS) is 14.9. The van der Waals surface area contributed by atoms with E-state index in [1.54, 1.807) is 12.1 Å². The first-order valence-electron chi connectivity index (χ1n) is 9.37. The molecule has 1 N–H and O–H groups in total. The van der Waals surface area contributed by atoms with E-state index in [1.807, 2.05) is 41.5 Å². The number of hydrogen-bond donors (Lipinski definition) is 1. The van der Waals surface area contributed by atoms with E-state index in [1.165, 1.54) is 12.1 Å². The van der Waals surface area contributed by atoms with E-state index in [0.29, 0.717) is 5.56 Å². The van der Waals surface area contributed by atoms with Gasteiger partial charge in [-0.3, -0.25) is 10.1 Å². The summed E-state index contributed by atoms with van der Waals surface area (Å²) in [6, 6.07) is 5.81. The van der Waals surface area contributed by atoms with Crippen LogP contribution in [0.1, 0.15) is 58.9 Å². The van der Waals surface area contributed by atoms with Crippen LogP contribution in [-0.2, 0) is 13.6 Å². The first kappa shape index (κ1) is 25.8. The molecule has 164 valence electrons. The quantitative estimate of drug-likeness (QED) is 0.137. The van der Waals surface area contributed by atoms with Crippen molar-refractivity contribution in [3.05, 3.63) is 39.9 Å². The average Bonchev–Trinajstić information content (AvgIpc) is 2.58. The van der Waals surface area contributed by atoms with Gasteiger partial charge in [0.1, 0.15) is 18.3 Å². The summed E-state index contributed by atoms with van der Waals surface area (Å²) in [6.45, 7) is 11.0. The number of nitrogens with zero attached hydrogens (tertiary/aromatic N) is 3. The zero-order valence-electron chi connectivity index (χ0n) is 17.6. The molecule has 0 heterocycles. The van der Waals surface area contributed by atoms with E-state index in [2.05, 4.69) is 10.00 Å². The van der Waals surface area contributed by atoms with Gasteiger partial charge in [0.15, 0.2) is 6.23 Å². The smallest absolute Gasteiger partial charge is 0.370 e. The lowest BCUT2D eigenvalue weighted by atomic mass is 10.1. The molecule has 0 aliphatic heterocycles. The van der Waals surface area contributed by atoms with E-state index < -0.39 is 24.6 Å². The Labute approximate surface area is 177 Å². The summed E-state index contributed by atoms with van der Waals surface area (Å²) in [6.07, 6.45) is -1.85. The summed E-state index contributed by atoms with van der Waals surface area (Å²) in [5, 5.41) is 24.3. The first-order chi connectivity index (χ1) is 13.4. The number of nitro benzene ring substituents is 1. The molecule has 2 atom stereocenters. The van der Waals surface area contributed by atoms with Gasteiger partial charge in [-0.2, -0.15) is 13.6 Å². The van der Waals surface area contributed by atoms with Crippen molar-refractivity contribution in [1.29, 1.82) is 0 Å². The molecule has 0 fully saturated rings. The van der Waals surface area contributed by atoms with Gasteiger partial charge < -0.3 is 5.11 Å². The molecule has 0 spiro atoms. The van der Waals surface area contributed by atoms with E-state index in [4.69, 9.17) is 25.2 Å². The molecule has 0 amide bonds. The fourth-order valence-electron chi connectivity index (χ4n) is 2.23. The highest BCUT2D eigenvalue weighted by molar-refractivity contribution is 7.60. The topological polar surface area (TPSA) is 116 Å². The Morgan fingerprint density at radius 1 is 1.03 bits per heavy atom. The fraction of sp³-hybridized carbons (Fsp3) is 0.667. The Bertz CT molecular complexity index is 646. The predicted octanol–water partition coefficient (Wildman–Crippen LogP) is 5.99. The maximum Gasteiger partial charge on any atom is 0.573 e. The molecule has 1 rings (SSSR count). The molecule has 0 saturated carbocycles. The first-order valence-corrected chi connectivity index (χ1v) is 11.3. The second-order valence-corrected chi connectivity index (χ2v) is 9.44. The van der Waals surface area contributed by atoms with Crippen molar-refractivity contribution in [3.63, 3.8) is 0 Å². The minimum Gasteiger partial charge on any atom is -0.370 e. The average molecular weight is 451 g/mol. The largest absolute Gasteiger partial charge is 0.573 e. The van der Waals surface area contributed by atoms with E-state index in [0.717, 1.165) is 0 Å². The molecule has 1 aromatic carbocycles. The maximum atomic E-state index is 10.7. The van der Waals surface area contributed by atoms with Gasteiger partial charge in [0.05, 0.1) is 15.2 Å². The van der Waals surface area contributed by atoms with Gasteiger partial charge >= 0.3 is 8.09 Å². The number of rotatable bonds is 12. The molecule has 0 saturated heterocycles. The molecule has 0 aromatic heterocycles.